The number of carbonyl (C=O) groups is 4. The number of benzene rings is 5. The number of imide groups is 1. The Morgan fingerprint density at radius 3 is 1.91 bits per heavy atom. The Morgan fingerprint density at radius 2 is 1.32 bits per heavy atom. The van der Waals surface area contributed by atoms with Gasteiger partial charge in [-0.05, 0) is 62.7 Å². The van der Waals surface area contributed by atoms with Gasteiger partial charge < -0.3 is 33.6 Å². The van der Waals surface area contributed by atoms with Gasteiger partial charge in [-0.2, -0.15) is 0 Å². The molecule has 4 N–H and O–H groups in total. The minimum Gasteiger partial charge on any atom is -0.491 e. The average molecular weight is 1010 g/mol. The number of phosphoric acid groups is 1. The molecule has 0 aromatic heterocycles. The first-order valence-corrected chi connectivity index (χ1v) is 26.0. The summed E-state index contributed by atoms with van der Waals surface area (Å²) in [6.45, 7) is 2.45. The summed E-state index contributed by atoms with van der Waals surface area (Å²) in [5, 5.41) is 2.53. The van der Waals surface area contributed by atoms with Gasteiger partial charge in [-0.3, -0.25) is 38.4 Å². The summed E-state index contributed by atoms with van der Waals surface area (Å²) < 4.78 is 41.1. The van der Waals surface area contributed by atoms with Crippen LogP contribution in [-0.2, 0) is 39.2 Å². The Labute approximate surface area is 401 Å². The second-order valence-corrected chi connectivity index (χ2v) is 20.2. The molecule has 4 amide bonds. The van der Waals surface area contributed by atoms with Crippen LogP contribution >= 0.6 is 38.6 Å². The van der Waals surface area contributed by atoms with Crippen molar-refractivity contribution in [2.24, 2.45) is 5.92 Å². The predicted octanol–water partition coefficient (Wildman–Crippen LogP) is 7.70. The number of carbonyl (C=O) groups excluding carboxylic acids is 4. The number of likely N-dealkylation sites (tertiary alicyclic amines) is 1. The molecule has 1 unspecified atom stereocenters. The third-order valence-corrected chi connectivity index (χ3v) is 14.1. The van der Waals surface area contributed by atoms with Crippen LogP contribution in [0.3, 0.4) is 0 Å². The maximum atomic E-state index is 14.0. The van der Waals surface area contributed by atoms with E-state index in [0.717, 1.165) is 16.5 Å². The van der Waals surface area contributed by atoms with E-state index >= 15 is 0 Å². The predicted molar refractivity (Wildman–Crippen MR) is 259 cm³/mol. The number of hydrogen-bond donors (Lipinski definition) is 4. The third-order valence-electron chi connectivity index (χ3n) is 12.2. The maximum Gasteiger partial charge on any atom is 0.524 e. The zero-order valence-corrected chi connectivity index (χ0v) is 39.9. The fraction of sp³-hybridized carbons (Fsp3) is 0.292. The monoisotopic (exact) mass is 1010 g/mol. The zero-order valence-electron chi connectivity index (χ0n) is 36.6. The second-order valence-electron chi connectivity index (χ2n) is 16.8. The Balaban J connectivity index is 1.05. The normalized spacial score (nSPS) is 18.5. The molecule has 0 spiro atoms. The van der Waals surface area contributed by atoms with Crippen LogP contribution in [0.5, 0.6) is 11.5 Å². The molecule has 1 saturated heterocycles. The lowest BCUT2D eigenvalue weighted by atomic mass is 9.93. The van der Waals surface area contributed by atoms with Gasteiger partial charge >= 0.3 is 15.4 Å². The second kappa shape index (κ2) is 20.3. The van der Waals surface area contributed by atoms with Gasteiger partial charge in [-0.1, -0.05) is 67.6 Å². The SMILES string of the molecule is CC1CC(=O)N(CCOCCOc2cc(/C=C/C(=O)N3C[C@@H](CCl)c4c3cc(CP(=O)(O)O)c3ccccc43)ccc2/C=C/C(=O)N2C[C@@H](CCl)c3c2cc(OP(=O)(O)O)c2ccccc32)C1=O. The van der Waals surface area contributed by atoms with Gasteiger partial charge in [0.25, 0.3) is 11.8 Å². The van der Waals surface area contributed by atoms with Gasteiger partial charge in [0, 0.05) is 83.9 Å². The van der Waals surface area contributed by atoms with Gasteiger partial charge in [-0.15, -0.1) is 23.2 Å². The number of hydrogen-bond acceptors (Lipinski definition) is 9. The van der Waals surface area contributed by atoms with Crippen molar-refractivity contribution in [1.82, 2.24) is 4.90 Å². The summed E-state index contributed by atoms with van der Waals surface area (Å²) in [4.78, 5) is 96.0. The number of fused-ring (bicyclic) bond motifs is 6. The lowest BCUT2D eigenvalue weighted by Gasteiger charge is -2.18. The molecule has 3 aliphatic rings. The molecular weight excluding hydrogens is 959 g/mol. The summed E-state index contributed by atoms with van der Waals surface area (Å²) in [7, 11) is -9.44. The summed E-state index contributed by atoms with van der Waals surface area (Å²) in [6.07, 6.45) is 5.52. The highest BCUT2D eigenvalue weighted by atomic mass is 35.5. The lowest BCUT2D eigenvalue weighted by Crippen LogP contribution is -2.33. The highest BCUT2D eigenvalue weighted by molar-refractivity contribution is 7.50. The van der Waals surface area contributed by atoms with Crippen LogP contribution in [0.25, 0.3) is 33.7 Å². The van der Waals surface area contributed by atoms with Crippen LogP contribution in [0.2, 0.25) is 0 Å². The summed E-state index contributed by atoms with van der Waals surface area (Å²) in [6, 6.07) is 22.4. The lowest BCUT2D eigenvalue weighted by molar-refractivity contribution is -0.140. The van der Waals surface area contributed by atoms with Crippen molar-refractivity contribution in [1.29, 1.82) is 0 Å². The van der Waals surface area contributed by atoms with E-state index in [9.17, 15) is 47.9 Å². The number of rotatable bonds is 17. The number of alkyl halides is 2. The van der Waals surface area contributed by atoms with Gasteiger partial charge in [-0.25, -0.2) is 4.57 Å². The molecule has 20 heteroatoms. The van der Waals surface area contributed by atoms with E-state index in [0.29, 0.717) is 50.0 Å². The van der Waals surface area contributed by atoms with E-state index < -0.39 is 33.4 Å². The molecule has 3 heterocycles. The van der Waals surface area contributed by atoms with Crippen molar-refractivity contribution in [3.05, 3.63) is 119 Å². The van der Waals surface area contributed by atoms with Crippen LogP contribution < -0.4 is 19.1 Å². The largest absolute Gasteiger partial charge is 0.524 e. The fourth-order valence-electron chi connectivity index (χ4n) is 9.13. The minimum absolute atomic E-state index is 0.0286. The van der Waals surface area contributed by atoms with Crippen LogP contribution in [0, 0.1) is 5.92 Å². The van der Waals surface area contributed by atoms with Crippen molar-refractivity contribution in [2.75, 3.05) is 61.0 Å². The molecule has 8 rings (SSSR count). The van der Waals surface area contributed by atoms with E-state index in [-0.39, 0.29) is 93.0 Å². The van der Waals surface area contributed by atoms with E-state index in [4.69, 9.17) is 37.2 Å². The molecule has 0 aliphatic carbocycles. The van der Waals surface area contributed by atoms with E-state index in [2.05, 4.69) is 0 Å². The first-order valence-electron chi connectivity index (χ1n) is 21.6. The molecule has 0 radical (unpaired) electrons. The van der Waals surface area contributed by atoms with E-state index in [1.165, 1.54) is 28.0 Å². The number of anilines is 2. The smallest absolute Gasteiger partial charge is 0.491 e. The summed E-state index contributed by atoms with van der Waals surface area (Å²) in [5.74, 6) is -1.66. The average Bonchev–Trinajstić information content (AvgIpc) is 3.95. The number of nitrogens with zero attached hydrogens (tertiary/aromatic N) is 3. The Hall–Kier alpha value is -5.38. The number of phosphoric ester groups is 1. The quantitative estimate of drug-likeness (QED) is 0.0231. The molecule has 356 valence electrons. The van der Waals surface area contributed by atoms with Crippen LogP contribution in [-0.4, -0.2) is 99.3 Å². The number of ether oxygens (including phenoxy) is 2. The number of amides is 4. The number of halogens is 2. The molecule has 5 aromatic carbocycles. The molecule has 68 heavy (non-hydrogen) atoms. The molecule has 5 aromatic rings. The Kier molecular flexibility index (Phi) is 14.6. The van der Waals surface area contributed by atoms with E-state index in [1.807, 2.05) is 12.1 Å². The van der Waals surface area contributed by atoms with Crippen molar-refractivity contribution in [3.8, 4) is 11.5 Å². The van der Waals surface area contributed by atoms with E-state index in [1.54, 1.807) is 84.6 Å². The van der Waals surface area contributed by atoms with Crippen molar-refractivity contribution < 1.29 is 61.9 Å². The third kappa shape index (κ3) is 10.6. The molecular formula is C48H47Cl2N3O13P2. The Morgan fingerprint density at radius 1 is 0.735 bits per heavy atom. The first kappa shape index (κ1) is 49.1. The van der Waals surface area contributed by atoms with Crippen molar-refractivity contribution in [3.63, 3.8) is 0 Å². The maximum absolute atomic E-state index is 14.0. The topological polar surface area (TPSA) is 221 Å². The highest BCUT2D eigenvalue weighted by Gasteiger charge is 2.37. The zero-order chi connectivity index (χ0) is 48.5. The minimum atomic E-state index is -4.97. The first-order chi connectivity index (χ1) is 32.4. The van der Waals surface area contributed by atoms with Gasteiger partial charge in [0.2, 0.25) is 11.8 Å². The highest BCUT2D eigenvalue weighted by Crippen LogP contribution is 2.50. The molecule has 3 aliphatic heterocycles. The summed E-state index contributed by atoms with van der Waals surface area (Å²) >= 11 is 12.9. The molecule has 16 nitrogen and oxygen atoms in total. The van der Waals surface area contributed by atoms with Crippen LogP contribution in [0.15, 0.2) is 91.0 Å². The molecule has 0 saturated carbocycles. The molecule has 1 fully saturated rings. The standard InChI is InChI=1S/C48H47Cl2N3O13P2/c1-29-20-45(56)51(48(29)57)16-17-64-18-19-65-41-21-30(11-14-43(54)52-26-33(24-49)46-37-8-4-2-6-35(37)32(22-39(46)52)28-67(58,59)60)10-12-31(41)13-15-44(55)53-27-34(25-50)47-38-9-5-3-7-36(38)42(23-40(47)53)66-68(61,62)63/h2-15,21-23,29,33-34H,16-20,24-28H2,1H3,(H2,58,59,60)(H2,61,62,63)/b14-11+,15-13+/t29?,33-,34-/m1/s1. The fourth-order valence-corrected chi connectivity index (χ4v) is 10.8. The summed E-state index contributed by atoms with van der Waals surface area (Å²) in [5.41, 5.74) is 3.91. The molecule has 3 atom stereocenters. The molecule has 0 bridgehead atoms. The van der Waals surface area contributed by atoms with Crippen LogP contribution in [0.1, 0.15) is 53.0 Å². The van der Waals surface area contributed by atoms with Gasteiger partial charge in [0.1, 0.15) is 18.1 Å². The van der Waals surface area contributed by atoms with Gasteiger partial charge in [0.15, 0.2) is 0 Å². The Bertz CT molecular complexity index is 2990. The van der Waals surface area contributed by atoms with Crippen LogP contribution in [0.4, 0.5) is 11.4 Å². The van der Waals surface area contributed by atoms with Crippen molar-refractivity contribution >= 4 is 107 Å². The van der Waals surface area contributed by atoms with Gasteiger partial charge in [0.05, 0.1) is 31.6 Å². The van der Waals surface area contributed by atoms with Crippen molar-refractivity contribution in [2.45, 2.75) is 31.3 Å².